The van der Waals surface area contributed by atoms with Gasteiger partial charge in [-0.05, 0) is 19.3 Å². The number of piperidine rings is 1. The number of methoxy groups -OCH3 is 1. The molecule has 1 unspecified atom stereocenters. The van der Waals surface area contributed by atoms with E-state index in [0.29, 0.717) is 6.54 Å². The topological polar surface area (TPSA) is 88.2 Å². The Balaban J connectivity index is 2.08. The summed E-state index contributed by atoms with van der Waals surface area (Å²) in [5.41, 5.74) is 0. The molecule has 7 nitrogen and oxygen atoms in total. The Morgan fingerprint density at radius 3 is 3.06 bits per heavy atom. The van der Waals surface area contributed by atoms with Gasteiger partial charge in [0.15, 0.2) is 0 Å². The van der Waals surface area contributed by atoms with Crippen molar-refractivity contribution in [1.29, 1.82) is 0 Å². The molecule has 1 aromatic rings. The molecule has 1 aliphatic heterocycles. The van der Waals surface area contributed by atoms with Crippen LogP contribution >= 0.6 is 0 Å². The second-order valence-corrected chi connectivity index (χ2v) is 4.26. The highest BCUT2D eigenvalue weighted by molar-refractivity contribution is 5.91. The molecule has 1 fully saturated rings. The molecule has 0 bridgehead atoms. The lowest BCUT2D eigenvalue weighted by molar-refractivity contribution is -0.142. The number of aromatic nitrogens is 3. The van der Waals surface area contributed by atoms with Gasteiger partial charge in [-0.2, -0.15) is 5.10 Å². The Morgan fingerprint density at radius 2 is 2.39 bits per heavy atom. The van der Waals surface area contributed by atoms with Gasteiger partial charge in [-0.15, -0.1) is 0 Å². The Morgan fingerprint density at radius 1 is 1.56 bits per heavy atom. The molecule has 18 heavy (non-hydrogen) atoms. The van der Waals surface area contributed by atoms with Crippen molar-refractivity contribution in [3.63, 3.8) is 0 Å². The molecule has 98 valence electrons. The fourth-order valence-corrected chi connectivity index (χ4v) is 2.20. The highest BCUT2D eigenvalue weighted by atomic mass is 16.5. The third-order valence-corrected chi connectivity index (χ3v) is 3.14. The Bertz CT molecular complexity index is 418. The standard InChI is InChI=1S/C11H16N4O3/c1-18-9(16)6-8-4-2-3-5-15(8)11(17)10-12-7-13-14-10/h7-8H,2-6H2,1H3,(H,12,13,14). The molecule has 1 saturated heterocycles. The van der Waals surface area contributed by atoms with Gasteiger partial charge in [0.2, 0.25) is 5.82 Å². The molecule has 7 heteroatoms. The van der Waals surface area contributed by atoms with Crippen LogP contribution in [0.2, 0.25) is 0 Å². The first-order valence-electron chi connectivity index (χ1n) is 5.95. The quantitative estimate of drug-likeness (QED) is 0.785. The number of likely N-dealkylation sites (tertiary alicyclic amines) is 1. The van der Waals surface area contributed by atoms with Gasteiger partial charge in [-0.3, -0.25) is 14.7 Å². The van der Waals surface area contributed by atoms with Crippen molar-refractivity contribution < 1.29 is 14.3 Å². The number of nitrogens with one attached hydrogen (secondary N) is 1. The van der Waals surface area contributed by atoms with Gasteiger partial charge in [-0.25, -0.2) is 4.98 Å². The fourth-order valence-electron chi connectivity index (χ4n) is 2.20. The van der Waals surface area contributed by atoms with Crippen molar-refractivity contribution in [2.24, 2.45) is 0 Å². The minimum atomic E-state index is -0.294. The van der Waals surface area contributed by atoms with E-state index in [9.17, 15) is 9.59 Å². The van der Waals surface area contributed by atoms with Crippen molar-refractivity contribution in [3.8, 4) is 0 Å². The van der Waals surface area contributed by atoms with E-state index in [1.54, 1.807) is 4.90 Å². The number of carbonyl (C=O) groups is 2. The lowest BCUT2D eigenvalue weighted by Gasteiger charge is -2.34. The number of nitrogens with zero attached hydrogens (tertiary/aromatic N) is 3. The van der Waals surface area contributed by atoms with Gasteiger partial charge in [-0.1, -0.05) is 0 Å². The molecule has 0 aliphatic carbocycles. The van der Waals surface area contributed by atoms with Crippen molar-refractivity contribution in [1.82, 2.24) is 20.1 Å². The van der Waals surface area contributed by atoms with Gasteiger partial charge in [0.25, 0.3) is 5.91 Å². The van der Waals surface area contributed by atoms with E-state index in [2.05, 4.69) is 19.9 Å². The van der Waals surface area contributed by atoms with Crippen LogP contribution in [0, 0.1) is 0 Å². The zero-order valence-electron chi connectivity index (χ0n) is 10.3. The third kappa shape index (κ3) is 2.66. The number of esters is 1. The first-order chi connectivity index (χ1) is 8.72. The minimum absolute atomic E-state index is 0.108. The smallest absolute Gasteiger partial charge is 0.307 e. The molecule has 1 aromatic heterocycles. The summed E-state index contributed by atoms with van der Waals surface area (Å²) in [5.74, 6) is -0.287. The summed E-state index contributed by atoms with van der Waals surface area (Å²) in [7, 11) is 1.35. The Kier molecular flexibility index (Phi) is 3.91. The van der Waals surface area contributed by atoms with Crippen LogP contribution in [0.15, 0.2) is 6.33 Å². The molecule has 1 N–H and O–H groups in total. The van der Waals surface area contributed by atoms with E-state index in [4.69, 9.17) is 0 Å². The van der Waals surface area contributed by atoms with Gasteiger partial charge >= 0.3 is 5.97 Å². The number of amides is 1. The third-order valence-electron chi connectivity index (χ3n) is 3.14. The molecule has 0 radical (unpaired) electrons. The first-order valence-corrected chi connectivity index (χ1v) is 5.95. The van der Waals surface area contributed by atoms with Crippen LogP contribution in [0.4, 0.5) is 0 Å². The van der Waals surface area contributed by atoms with Crippen LogP contribution in [-0.4, -0.2) is 51.7 Å². The Hall–Kier alpha value is -1.92. The molecule has 2 rings (SSSR count). The maximum atomic E-state index is 12.2. The summed E-state index contributed by atoms with van der Waals surface area (Å²) in [6.07, 6.45) is 4.30. The number of rotatable bonds is 3. The number of aromatic amines is 1. The van der Waals surface area contributed by atoms with E-state index < -0.39 is 0 Å². The summed E-state index contributed by atoms with van der Waals surface area (Å²) >= 11 is 0. The maximum absolute atomic E-state index is 12.2. The number of hydrogen-bond acceptors (Lipinski definition) is 5. The molecule has 0 spiro atoms. The van der Waals surface area contributed by atoms with Crippen LogP contribution in [0.25, 0.3) is 0 Å². The summed E-state index contributed by atoms with van der Waals surface area (Å²) < 4.78 is 4.66. The average Bonchev–Trinajstić information content (AvgIpc) is 2.92. The summed E-state index contributed by atoms with van der Waals surface area (Å²) in [5, 5.41) is 6.22. The Labute approximate surface area is 105 Å². The highest BCUT2D eigenvalue weighted by Gasteiger charge is 2.30. The molecule has 1 aliphatic rings. The van der Waals surface area contributed by atoms with Crippen molar-refractivity contribution in [2.75, 3.05) is 13.7 Å². The van der Waals surface area contributed by atoms with Crippen molar-refractivity contribution in [2.45, 2.75) is 31.7 Å². The fraction of sp³-hybridized carbons (Fsp3) is 0.636. The number of ether oxygens (including phenoxy) is 1. The van der Waals surface area contributed by atoms with Crippen LogP contribution in [0.1, 0.15) is 36.3 Å². The molecule has 0 aromatic carbocycles. The number of H-pyrrole nitrogens is 1. The lowest BCUT2D eigenvalue weighted by atomic mass is 9.99. The van der Waals surface area contributed by atoms with Crippen LogP contribution < -0.4 is 0 Å². The van der Waals surface area contributed by atoms with Gasteiger partial charge in [0.05, 0.1) is 13.5 Å². The number of carbonyl (C=O) groups excluding carboxylic acids is 2. The summed E-state index contributed by atoms with van der Waals surface area (Å²) in [6, 6.07) is -0.108. The van der Waals surface area contributed by atoms with E-state index >= 15 is 0 Å². The molecule has 0 saturated carbocycles. The van der Waals surface area contributed by atoms with Crippen LogP contribution in [-0.2, 0) is 9.53 Å². The van der Waals surface area contributed by atoms with E-state index in [0.717, 1.165) is 19.3 Å². The van der Waals surface area contributed by atoms with E-state index in [1.165, 1.54) is 13.4 Å². The second kappa shape index (κ2) is 5.61. The van der Waals surface area contributed by atoms with Gasteiger partial charge < -0.3 is 9.64 Å². The molecule has 1 atom stereocenters. The minimum Gasteiger partial charge on any atom is -0.469 e. The van der Waals surface area contributed by atoms with Gasteiger partial charge in [0.1, 0.15) is 6.33 Å². The van der Waals surface area contributed by atoms with Gasteiger partial charge in [0, 0.05) is 12.6 Å². The molecule has 1 amide bonds. The van der Waals surface area contributed by atoms with Crippen molar-refractivity contribution >= 4 is 11.9 Å². The molecular weight excluding hydrogens is 236 g/mol. The predicted molar refractivity (Wildman–Crippen MR) is 61.7 cm³/mol. The lowest BCUT2D eigenvalue weighted by Crippen LogP contribution is -2.45. The monoisotopic (exact) mass is 252 g/mol. The van der Waals surface area contributed by atoms with E-state index in [1.807, 2.05) is 0 Å². The highest BCUT2D eigenvalue weighted by Crippen LogP contribution is 2.21. The SMILES string of the molecule is COC(=O)CC1CCCCN1C(=O)c1ncn[nH]1. The average molecular weight is 252 g/mol. The summed E-state index contributed by atoms with van der Waals surface area (Å²) in [6.45, 7) is 0.640. The first kappa shape index (κ1) is 12.5. The predicted octanol–water partition coefficient (Wildman–Crippen LogP) is 0.362. The van der Waals surface area contributed by atoms with Crippen LogP contribution in [0.5, 0.6) is 0 Å². The zero-order valence-corrected chi connectivity index (χ0v) is 10.3. The largest absolute Gasteiger partial charge is 0.469 e. The van der Waals surface area contributed by atoms with Crippen LogP contribution in [0.3, 0.4) is 0 Å². The van der Waals surface area contributed by atoms with E-state index in [-0.39, 0.29) is 30.2 Å². The normalized spacial score (nSPS) is 19.6. The van der Waals surface area contributed by atoms with Crippen molar-refractivity contribution in [3.05, 3.63) is 12.2 Å². The number of hydrogen-bond donors (Lipinski definition) is 1. The zero-order chi connectivity index (χ0) is 13.0. The second-order valence-electron chi connectivity index (χ2n) is 4.26. The molecule has 2 heterocycles. The molecular formula is C11H16N4O3. The maximum Gasteiger partial charge on any atom is 0.307 e. The summed E-state index contributed by atoms with van der Waals surface area (Å²) in [4.78, 5) is 29.1.